The maximum absolute atomic E-state index is 8.74. The maximum Gasteiger partial charge on any atom is 0.0991 e. The SMILES string of the molecule is CCCc1cc(C#N)ccc1CC. The monoisotopic (exact) mass is 173 g/mol. The number of hydrogen-bond donors (Lipinski definition) is 0. The molecular formula is C12H15N. The number of nitrogens with zero attached hydrogens (tertiary/aromatic N) is 1. The standard InChI is InChI=1S/C12H15N/c1-3-5-12-8-10(9-13)6-7-11(12)4-2/h6-8H,3-5H2,1-2H3. The fraction of sp³-hybridized carbons (Fsp3) is 0.417. The second kappa shape index (κ2) is 4.67. The zero-order valence-corrected chi connectivity index (χ0v) is 8.30. The van der Waals surface area contributed by atoms with Crippen LogP contribution in [-0.4, -0.2) is 0 Å². The molecule has 1 aromatic carbocycles. The van der Waals surface area contributed by atoms with Crippen LogP contribution in [0.2, 0.25) is 0 Å². The molecule has 0 saturated heterocycles. The van der Waals surface area contributed by atoms with Gasteiger partial charge in [0.05, 0.1) is 11.6 Å². The second-order valence-electron chi connectivity index (χ2n) is 3.20. The Morgan fingerprint density at radius 2 is 2.00 bits per heavy atom. The highest BCUT2D eigenvalue weighted by atomic mass is 14.2. The van der Waals surface area contributed by atoms with Gasteiger partial charge in [-0.15, -0.1) is 0 Å². The molecule has 0 fully saturated rings. The molecule has 68 valence electrons. The first-order valence-corrected chi connectivity index (χ1v) is 4.83. The van der Waals surface area contributed by atoms with E-state index in [9.17, 15) is 0 Å². The first-order valence-electron chi connectivity index (χ1n) is 4.83. The van der Waals surface area contributed by atoms with Crippen molar-refractivity contribution in [3.63, 3.8) is 0 Å². The minimum absolute atomic E-state index is 0.778. The molecule has 0 saturated carbocycles. The van der Waals surface area contributed by atoms with Crippen molar-refractivity contribution in [1.82, 2.24) is 0 Å². The number of aryl methyl sites for hydroxylation is 2. The van der Waals surface area contributed by atoms with Gasteiger partial charge < -0.3 is 0 Å². The molecule has 0 spiro atoms. The topological polar surface area (TPSA) is 23.8 Å². The van der Waals surface area contributed by atoms with Crippen molar-refractivity contribution >= 4 is 0 Å². The normalized spacial score (nSPS) is 9.62. The summed E-state index contributed by atoms with van der Waals surface area (Å²) in [5, 5.41) is 8.74. The molecular weight excluding hydrogens is 158 g/mol. The molecule has 1 heteroatoms. The maximum atomic E-state index is 8.74. The van der Waals surface area contributed by atoms with E-state index in [1.807, 2.05) is 12.1 Å². The van der Waals surface area contributed by atoms with Gasteiger partial charge >= 0.3 is 0 Å². The lowest BCUT2D eigenvalue weighted by Gasteiger charge is -2.06. The zero-order chi connectivity index (χ0) is 9.68. The molecule has 1 rings (SSSR count). The minimum atomic E-state index is 0.778. The summed E-state index contributed by atoms with van der Waals surface area (Å²) in [6.45, 7) is 4.32. The fourth-order valence-corrected chi connectivity index (χ4v) is 1.54. The van der Waals surface area contributed by atoms with Gasteiger partial charge in [-0.05, 0) is 36.1 Å². The van der Waals surface area contributed by atoms with Gasteiger partial charge in [0.1, 0.15) is 0 Å². The molecule has 1 nitrogen and oxygen atoms in total. The van der Waals surface area contributed by atoms with Crippen LogP contribution in [0.4, 0.5) is 0 Å². The quantitative estimate of drug-likeness (QED) is 0.689. The number of rotatable bonds is 3. The smallest absolute Gasteiger partial charge is 0.0991 e. The van der Waals surface area contributed by atoms with Crippen molar-refractivity contribution in [3.8, 4) is 6.07 Å². The van der Waals surface area contributed by atoms with Gasteiger partial charge in [-0.3, -0.25) is 0 Å². The van der Waals surface area contributed by atoms with Crippen LogP contribution in [0, 0.1) is 11.3 Å². The predicted molar refractivity (Wildman–Crippen MR) is 54.5 cm³/mol. The highest BCUT2D eigenvalue weighted by molar-refractivity contribution is 5.38. The van der Waals surface area contributed by atoms with Crippen LogP contribution in [-0.2, 0) is 12.8 Å². The van der Waals surface area contributed by atoms with Crippen molar-refractivity contribution in [2.24, 2.45) is 0 Å². The van der Waals surface area contributed by atoms with E-state index in [0.29, 0.717) is 0 Å². The van der Waals surface area contributed by atoms with Crippen LogP contribution in [0.15, 0.2) is 18.2 Å². The predicted octanol–water partition coefficient (Wildman–Crippen LogP) is 3.07. The molecule has 0 radical (unpaired) electrons. The van der Waals surface area contributed by atoms with Crippen molar-refractivity contribution in [2.75, 3.05) is 0 Å². The second-order valence-corrected chi connectivity index (χ2v) is 3.20. The summed E-state index contributed by atoms with van der Waals surface area (Å²) in [7, 11) is 0. The number of benzene rings is 1. The number of hydrogen-bond acceptors (Lipinski definition) is 1. The molecule has 0 aliphatic carbocycles. The first-order chi connectivity index (χ1) is 6.31. The van der Waals surface area contributed by atoms with Crippen LogP contribution < -0.4 is 0 Å². The van der Waals surface area contributed by atoms with Crippen molar-refractivity contribution < 1.29 is 0 Å². The Morgan fingerprint density at radius 1 is 1.23 bits per heavy atom. The minimum Gasteiger partial charge on any atom is -0.192 e. The van der Waals surface area contributed by atoms with E-state index >= 15 is 0 Å². The summed E-state index contributed by atoms with van der Waals surface area (Å²) in [4.78, 5) is 0. The van der Waals surface area contributed by atoms with Crippen LogP contribution in [0.1, 0.15) is 37.0 Å². The van der Waals surface area contributed by atoms with Gasteiger partial charge in [0, 0.05) is 0 Å². The lowest BCUT2D eigenvalue weighted by atomic mass is 9.99. The molecule has 0 bridgehead atoms. The molecule has 0 aromatic heterocycles. The third-order valence-electron chi connectivity index (χ3n) is 2.24. The molecule has 13 heavy (non-hydrogen) atoms. The molecule has 0 aliphatic rings. The Hall–Kier alpha value is -1.29. The zero-order valence-electron chi connectivity index (χ0n) is 8.30. The third kappa shape index (κ3) is 2.32. The Balaban J connectivity index is 3.04. The molecule has 0 atom stereocenters. The molecule has 0 unspecified atom stereocenters. The van der Waals surface area contributed by atoms with Gasteiger partial charge in [0.2, 0.25) is 0 Å². The fourth-order valence-electron chi connectivity index (χ4n) is 1.54. The van der Waals surface area contributed by atoms with Crippen LogP contribution in [0.5, 0.6) is 0 Å². The van der Waals surface area contributed by atoms with Crippen LogP contribution in [0.25, 0.3) is 0 Å². The molecule has 0 N–H and O–H groups in total. The van der Waals surface area contributed by atoms with Gasteiger partial charge in [-0.25, -0.2) is 0 Å². The van der Waals surface area contributed by atoms with Crippen LogP contribution >= 0.6 is 0 Å². The van der Waals surface area contributed by atoms with Gasteiger partial charge in [0.15, 0.2) is 0 Å². The van der Waals surface area contributed by atoms with E-state index < -0.39 is 0 Å². The van der Waals surface area contributed by atoms with E-state index in [1.165, 1.54) is 11.1 Å². The van der Waals surface area contributed by atoms with Crippen molar-refractivity contribution in [1.29, 1.82) is 5.26 Å². The summed E-state index contributed by atoms with van der Waals surface area (Å²) < 4.78 is 0. The van der Waals surface area contributed by atoms with E-state index in [1.54, 1.807) is 0 Å². The Morgan fingerprint density at radius 3 is 2.54 bits per heavy atom. The average molecular weight is 173 g/mol. The Bertz CT molecular complexity index is 320. The summed E-state index contributed by atoms with van der Waals surface area (Å²) in [6.07, 6.45) is 3.28. The summed E-state index contributed by atoms with van der Waals surface area (Å²) in [5.74, 6) is 0. The summed E-state index contributed by atoms with van der Waals surface area (Å²) in [5.41, 5.74) is 3.49. The lowest BCUT2D eigenvalue weighted by Crippen LogP contribution is -1.93. The lowest BCUT2D eigenvalue weighted by molar-refractivity contribution is 0.898. The average Bonchev–Trinajstić information content (AvgIpc) is 2.18. The van der Waals surface area contributed by atoms with Crippen molar-refractivity contribution in [3.05, 3.63) is 34.9 Å². The Labute approximate surface area is 80.0 Å². The molecule has 1 aromatic rings. The molecule has 0 amide bonds. The third-order valence-corrected chi connectivity index (χ3v) is 2.24. The van der Waals surface area contributed by atoms with E-state index in [2.05, 4.69) is 26.0 Å². The highest BCUT2D eigenvalue weighted by Gasteiger charge is 2.00. The van der Waals surface area contributed by atoms with Gasteiger partial charge in [-0.2, -0.15) is 5.26 Å². The summed E-state index contributed by atoms with van der Waals surface area (Å²) in [6, 6.07) is 8.17. The van der Waals surface area contributed by atoms with Gasteiger partial charge in [0.25, 0.3) is 0 Å². The largest absolute Gasteiger partial charge is 0.192 e. The van der Waals surface area contributed by atoms with Crippen molar-refractivity contribution in [2.45, 2.75) is 33.1 Å². The highest BCUT2D eigenvalue weighted by Crippen LogP contribution is 2.14. The van der Waals surface area contributed by atoms with E-state index in [-0.39, 0.29) is 0 Å². The Kier molecular flexibility index (Phi) is 3.52. The van der Waals surface area contributed by atoms with Gasteiger partial charge in [-0.1, -0.05) is 26.3 Å². The molecule has 0 heterocycles. The van der Waals surface area contributed by atoms with Crippen LogP contribution in [0.3, 0.4) is 0 Å². The summed E-state index contributed by atoms with van der Waals surface area (Å²) >= 11 is 0. The van der Waals surface area contributed by atoms with E-state index in [0.717, 1.165) is 24.8 Å². The first kappa shape index (κ1) is 9.80. The molecule has 0 aliphatic heterocycles. The number of nitriles is 1. The van der Waals surface area contributed by atoms with E-state index in [4.69, 9.17) is 5.26 Å².